The molecule has 1 atom stereocenters. The molecular formula is C18H24ClNO4. The van der Waals surface area contributed by atoms with Gasteiger partial charge in [0.1, 0.15) is 6.04 Å². The van der Waals surface area contributed by atoms with Crippen LogP contribution in [0, 0.1) is 11.3 Å². The molecule has 0 spiro atoms. The number of ketones is 1. The van der Waals surface area contributed by atoms with Crippen molar-refractivity contribution >= 4 is 29.3 Å². The second-order valence-electron chi connectivity index (χ2n) is 6.96. The number of carbonyl (C=O) groups is 3. The highest BCUT2D eigenvalue weighted by Crippen LogP contribution is 2.17. The van der Waals surface area contributed by atoms with Crippen molar-refractivity contribution in [2.24, 2.45) is 11.3 Å². The zero-order valence-electron chi connectivity index (χ0n) is 14.7. The van der Waals surface area contributed by atoms with Gasteiger partial charge in [0.05, 0.1) is 10.6 Å². The van der Waals surface area contributed by atoms with E-state index in [0.29, 0.717) is 5.02 Å². The summed E-state index contributed by atoms with van der Waals surface area (Å²) in [4.78, 5) is 36.4. The van der Waals surface area contributed by atoms with Gasteiger partial charge in [0.25, 0.3) is 5.91 Å². The van der Waals surface area contributed by atoms with Gasteiger partial charge in [-0.3, -0.25) is 9.59 Å². The molecule has 0 heterocycles. The van der Waals surface area contributed by atoms with Crippen LogP contribution in [0.15, 0.2) is 24.3 Å². The van der Waals surface area contributed by atoms with E-state index in [2.05, 4.69) is 5.32 Å². The molecule has 0 bridgehead atoms. The lowest BCUT2D eigenvalue weighted by Crippen LogP contribution is -2.46. The Hall–Kier alpha value is -1.88. The van der Waals surface area contributed by atoms with Crippen LogP contribution in [0.1, 0.15) is 45.0 Å². The number of carbonyl (C=O) groups excluding carboxylic acids is 3. The van der Waals surface area contributed by atoms with Gasteiger partial charge in [-0.05, 0) is 18.1 Å². The smallest absolute Gasteiger partial charge is 0.329 e. The molecule has 0 radical (unpaired) electrons. The Morgan fingerprint density at radius 3 is 2.25 bits per heavy atom. The Labute approximate surface area is 147 Å². The minimum Gasteiger partial charge on any atom is -0.456 e. The van der Waals surface area contributed by atoms with E-state index >= 15 is 0 Å². The first-order chi connectivity index (χ1) is 11.0. The number of amides is 1. The second kappa shape index (κ2) is 8.29. The van der Waals surface area contributed by atoms with Gasteiger partial charge in [-0.2, -0.15) is 0 Å². The number of hydrogen-bond acceptors (Lipinski definition) is 4. The summed E-state index contributed by atoms with van der Waals surface area (Å²) in [5, 5.41) is 2.93. The molecule has 6 heteroatoms. The fraction of sp³-hybridized carbons (Fsp3) is 0.500. The second-order valence-corrected chi connectivity index (χ2v) is 7.36. The monoisotopic (exact) mass is 353 g/mol. The summed E-state index contributed by atoms with van der Waals surface area (Å²) in [5.41, 5.74) is -0.308. The zero-order chi connectivity index (χ0) is 18.5. The molecule has 0 saturated heterocycles. The molecule has 0 aromatic heterocycles. The number of hydrogen-bond donors (Lipinski definition) is 1. The lowest BCUT2D eigenvalue weighted by molar-refractivity contribution is -0.152. The van der Waals surface area contributed by atoms with Gasteiger partial charge in [0.2, 0.25) is 0 Å². The fourth-order valence-electron chi connectivity index (χ4n) is 1.81. The highest BCUT2D eigenvalue weighted by atomic mass is 35.5. The number of rotatable bonds is 6. The Kier molecular flexibility index (Phi) is 6.96. The summed E-state index contributed by atoms with van der Waals surface area (Å²) in [6.07, 6.45) is 0. The minimum atomic E-state index is -0.860. The molecule has 24 heavy (non-hydrogen) atoms. The van der Waals surface area contributed by atoms with E-state index in [1.54, 1.807) is 58.9 Å². The quantitative estimate of drug-likeness (QED) is 0.797. The lowest BCUT2D eigenvalue weighted by atomic mass is 9.91. The van der Waals surface area contributed by atoms with Gasteiger partial charge >= 0.3 is 5.97 Å². The normalized spacial score (nSPS) is 12.6. The van der Waals surface area contributed by atoms with E-state index in [1.807, 2.05) is 0 Å². The van der Waals surface area contributed by atoms with Crippen molar-refractivity contribution in [2.45, 2.75) is 40.7 Å². The molecule has 1 rings (SSSR count). The average Bonchev–Trinajstić information content (AvgIpc) is 2.48. The first-order valence-corrected chi connectivity index (χ1v) is 8.17. The lowest BCUT2D eigenvalue weighted by Gasteiger charge is -2.22. The highest BCUT2D eigenvalue weighted by molar-refractivity contribution is 6.33. The number of ether oxygens (including phenoxy) is 1. The third-order valence-electron chi connectivity index (χ3n) is 3.51. The van der Waals surface area contributed by atoms with E-state index in [-0.39, 0.29) is 23.9 Å². The number of benzene rings is 1. The van der Waals surface area contributed by atoms with Crippen LogP contribution in [-0.2, 0) is 14.3 Å². The molecule has 0 aliphatic heterocycles. The van der Waals surface area contributed by atoms with Gasteiger partial charge in [-0.15, -0.1) is 0 Å². The first-order valence-electron chi connectivity index (χ1n) is 7.79. The molecule has 1 aromatic rings. The molecule has 0 aliphatic rings. The highest BCUT2D eigenvalue weighted by Gasteiger charge is 2.29. The van der Waals surface area contributed by atoms with Crippen molar-refractivity contribution in [3.63, 3.8) is 0 Å². The summed E-state index contributed by atoms with van der Waals surface area (Å²) >= 11 is 5.99. The number of Topliss-reactive ketones (excluding diaryl/α,β-unsaturated/α-hetero) is 1. The van der Waals surface area contributed by atoms with Crippen molar-refractivity contribution < 1.29 is 19.1 Å². The first kappa shape index (κ1) is 20.2. The molecule has 0 aliphatic carbocycles. The van der Waals surface area contributed by atoms with Gasteiger partial charge in [-0.1, -0.05) is 58.4 Å². The van der Waals surface area contributed by atoms with Crippen molar-refractivity contribution in [1.29, 1.82) is 0 Å². The molecular weight excluding hydrogens is 330 g/mol. The number of esters is 1. The van der Waals surface area contributed by atoms with E-state index in [1.165, 1.54) is 0 Å². The molecule has 1 aromatic carbocycles. The van der Waals surface area contributed by atoms with Crippen LogP contribution in [-0.4, -0.2) is 30.3 Å². The molecule has 5 nitrogen and oxygen atoms in total. The van der Waals surface area contributed by atoms with Crippen LogP contribution in [0.5, 0.6) is 0 Å². The van der Waals surface area contributed by atoms with Crippen LogP contribution in [0.2, 0.25) is 5.02 Å². The van der Waals surface area contributed by atoms with Crippen molar-refractivity contribution in [1.82, 2.24) is 5.32 Å². The van der Waals surface area contributed by atoms with Gasteiger partial charge < -0.3 is 10.1 Å². The Morgan fingerprint density at radius 2 is 1.75 bits per heavy atom. The van der Waals surface area contributed by atoms with Gasteiger partial charge in [-0.25, -0.2) is 4.79 Å². The Balaban J connectivity index is 2.77. The van der Waals surface area contributed by atoms with E-state index in [0.717, 1.165) is 0 Å². The largest absolute Gasteiger partial charge is 0.456 e. The number of nitrogens with one attached hydrogen (secondary N) is 1. The van der Waals surface area contributed by atoms with Crippen molar-refractivity contribution in [2.75, 3.05) is 6.61 Å². The van der Waals surface area contributed by atoms with E-state index in [4.69, 9.17) is 16.3 Å². The summed E-state index contributed by atoms with van der Waals surface area (Å²) in [7, 11) is 0. The summed E-state index contributed by atoms with van der Waals surface area (Å²) < 4.78 is 5.08. The molecule has 0 unspecified atom stereocenters. The van der Waals surface area contributed by atoms with Gasteiger partial charge in [0, 0.05) is 5.41 Å². The van der Waals surface area contributed by atoms with Gasteiger partial charge in [0.15, 0.2) is 12.4 Å². The molecule has 1 N–H and O–H groups in total. The zero-order valence-corrected chi connectivity index (χ0v) is 15.4. The molecule has 132 valence electrons. The van der Waals surface area contributed by atoms with Crippen molar-refractivity contribution in [3.8, 4) is 0 Å². The molecule has 0 fully saturated rings. The Morgan fingerprint density at radius 1 is 1.17 bits per heavy atom. The SMILES string of the molecule is CC(C)[C@H](NC(=O)c1ccccc1Cl)C(=O)OCC(=O)C(C)(C)C. The predicted molar refractivity (Wildman–Crippen MR) is 93.0 cm³/mol. The van der Waals surface area contributed by atoms with Crippen LogP contribution >= 0.6 is 11.6 Å². The standard InChI is InChI=1S/C18H24ClNO4/c1-11(2)15(17(23)24-10-14(21)18(3,4)5)20-16(22)12-8-6-7-9-13(12)19/h6-9,11,15H,10H2,1-5H3,(H,20,22)/t15-/m0/s1. The summed E-state index contributed by atoms with van der Waals surface area (Å²) in [5.74, 6) is -1.48. The van der Waals surface area contributed by atoms with Crippen LogP contribution < -0.4 is 5.32 Å². The predicted octanol–water partition coefficient (Wildman–Crippen LogP) is 3.25. The van der Waals surface area contributed by atoms with E-state index < -0.39 is 23.3 Å². The number of halogens is 1. The van der Waals surface area contributed by atoms with Crippen LogP contribution in [0.3, 0.4) is 0 Å². The van der Waals surface area contributed by atoms with E-state index in [9.17, 15) is 14.4 Å². The Bertz CT molecular complexity index is 620. The maximum atomic E-state index is 12.3. The maximum Gasteiger partial charge on any atom is 0.329 e. The van der Waals surface area contributed by atoms with Crippen LogP contribution in [0.25, 0.3) is 0 Å². The topological polar surface area (TPSA) is 72.5 Å². The fourth-order valence-corrected chi connectivity index (χ4v) is 2.03. The third-order valence-corrected chi connectivity index (χ3v) is 3.84. The minimum absolute atomic E-state index is 0.184. The average molecular weight is 354 g/mol. The maximum absolute atomic E-state index is 12.3. The summed E-state index contributed by atoms with van der Waals surface area (Å²) in [6, 6.07) is 5.71. The van der Waals surface area contributed by atoms with Crippen LogP contribution in [0.4, 0.5) is 0 Å². The van der Waals surface area contributed by atoms with Crippen molar-refractivity contribution in [3.05, 3.63) is 34.9 Å². The summed E-state index contributed by atoms with van der Waals surface area (Å²) in [6.45, 7) is 8.51. The third kappa shape index (κ3) is 5.64. The molecule has 0 saturated carbocycles. The molecule has 1 amide bonds.